The number of anilines is 1. The maximum Gasteiger partial charge on any atom is 0.211 e. The Balaban J connectivity index is 2.10. The lowest BCUT2D eigenvalue weighted by atomic mass is 10.2. The Morgan fingerprint density at radius 1 is 1.22 bits per heavy atom. The topological polar surface area (TPSA) is 50.1 Å². The minimum Gasteiger partial charge on any atom is -0.493 e. The molecule has 0 aliphatic carbocycles. The Hall–Kier alpha value is -2.56. The zero-order chi connectivity index (χ0) is 12.5. The molecule has 0 spiro atoms. The molecule has 3 aromatic rings. The highest BCUT2D eigenvalue weighted by Gasteiger charge is 2.09. The fourth-order valence-corrected chi connectivity index (χ4v) is 1.84. The molecule has 0 bridgehead atoms. The third kappa shape index (κ3) is 1.66. The van der Waals surface area contributed by atoms with E-state index in [0.29, 0.717) is 0 Å². The van der Waals surface area contributed by atoms with Gasteiger partial charge in [0.1, 0.15) is 0 Å². The molecular weight excluding hydrogens is 233 g/mol. The van der Waals surface area contributed by atoms with Gasteiger partial charge in [-0.05, 0) is 12.1 Å². The molecule has 0 saturated carbocycles. The number of hydrogen-bond donors (Lipinski definition) is 2. The zero-order valence-corrected chi connectivity index (χ0v) is 9.34. The van der Waals surface area contributed by atoms with Crippen molar-refractivity contribution in [2.75, 3.05) is 5.43 Å². The van der Waals surface area contributed by atoms with Crippen LogP contribution in [-0.4, -0.2) is 14.8 Å². The van der Waals surface area contributed by atoms with Crippen molar-refractivity contribution in [3.05, 3.63) is 54.6 Å². The molecule has 0 aliphatic heterocycles. The monoisotopic (exact) mass is 243 g/mol. The van der Waals surface area contributed by atoms with Crippen LogP contribution in [0.2, 0.25) is 0 Å². The summed E-state index contributed by atoms with van der Waals surface area (Å²) in [5.41, 5.74) is 3.84. The van der Waals surface area contributed by atoms with Crippen molar-refractivity contribution < 1.29 is 9.50 Å². The summed E-state index contributed by atoms with van der Waals surface area (Å²) in [6.45, 7) is 0. The first-order valence-electron chi connectivity index (χ1n) is 5.42. The Kier molecular flexibility index (Phi) is 2.37. The maximum atomic E-state index is 13.5. The second-order valence-corrected chi connectivity index (χ2v) is 3.86. The first-order chi connectivity index (χ1) is 8.75. The van der Waals surface area contributed by atoms with Crippen LogP contribution in [0.5, 0.6) is 5.88 Å². The molecular formula is C13H10FN3O. The molecule has 0 aliphatic rings. The Bertz CT molecular complexity index is 708. The minimum atomic E-state index is -0.477. The van der Waals surface area contributed by atoms with E-state index in [2.05, 4.69) is 10.4 Å². The molecule has 0 saturated heterocycles. The van der Waals surface area contributed by atoms with E-state index in [1.165, 1.54) is 16.9 Å². The van der Waals surface area contributed by atoms with E-state index in [1.807, 2.05) is 24.3 Å². The zero-order valence-electron chi connectivity index (χ0n) is 9.34. The van der Waals surface area contributed by atoms with Gasteiger partial charge in [0.2, 0.25) is 5.88 Å². The predicted molar refractivity (Wildman–Crippen MR) is 66.8 cm³/mol. The molecule has 18 heavy (non-hydrogen) atoms. The Morgan fingerprint density at radius 3 is 2.89 bits per heavy atom. The first kappa shape index (κ1) is 10.6. The lowest BCUT2D eigenvalue weighted by Gasteiger charge is -2.10. The molecule has 3 rings (SSSR count). The van der Waals surface area contributed by atoms with E-state index in [9.17, 15) is 9.50 Å². The van der Waals surface area contributed by atoms with E-state index in [4.69, 9.17) is 0 Å². The average Bonchev–Trinajstić information content (AvgIpc) is 2.69. The van der Waals surface area contributed by atoms with Crippen molar-refractivity contribution in [3.8, 4) is 5.88 Å². The number of hydrogen-bond acceptors (Lipinski definition) is 3. The van der Waals surface area contributed by atoms with Crippen LogP contribution in [-0.2, 0) is 0 Å². The van der Waals surface area contributed by atoms with Crippen molar-refractivity contribution >= 4 is 16.6 Å². The summed E-state index contributed by atoms with van der Waals surface area (Å²) in [6.07, 6.45) is 2.60. The van der Waals surface area contributed by atoms with Crippen molar-refractivity contribution in [2.24, 2.45) is 0 Å². The lowest BCUT2D eigenvalue weighted by molar-refractivity contribution is 0.438. The number of aromatic hydroxyl groups is 1. The molecule has 5 heteroatoms. The van der Waals surface area contributed by atoms with Gasteiger partial charge >= 0.3 is 0 Å². The summed E-state index contributed by atoms with van der Waals surface area (Å²) in [5, 5.41) is 10.7. The number of para-hydroxylation sites is 1. The fraction of sp³-hybridized carbons (Fsp3) is 0. The van der Waals surface area contributed by atoms with Gasteiger partial charge in [-0.15, -0.1) is 0 Å². The Labute approximate surface area is 102 Å². The van der Waals surface area contributed by atoms with Gasteiger partial charge in [-0.2, -0.15) is 0 Å². The molecule has 0 amide bonds. The van der Waals surface area contributed by atoms with Gasteiger partial charge in [-0.1, -0.05) is 18.2 Å². The van der Waals surface area contributed by atoms with Crippen LogP contribution in [0.3, 0.4) is 0 Å². The van der Waals surface area contributed by atoms with Crippen molar-refractivity contribution in [1.29, 1.82) is 0 Å². The molecule has 1 aromatic carbocycles. The summed E-state index contributed by atoms with van der Waals surface area (Å²) in [6, 6.07) is 10.5. The summed E-state index contributed by atoms with van der Waals surface area (Å²) in [4.78, 5) is 3.67. The number of nitrogens with one attached hydrogen (secondary N) is 1. The van der Waals surface area contributed by atoms with E-state index >= 15 is 0 Å². The smallest absolute Gasteiger partial charge is 0.211 e. The standard InChI is InChI=1S/C13H10FN3O/c14-10-8-15-6-5-11(10)16-17-12-4-2-1-3-9(12)7-13(17)18/h1-8,18H,(H,15,16). The largest absolute Gasteiger partial charge is 0.493 e. The van der Waals surface area contributed by atoms with Gasteiger partial charge < -0.3 is 5.11 Å². The van der Waals surface area contributed by atoms with Crippen LogP contribution in [0.1, 0.15) is 0 Å². The quantitative estimate of drug-likeness (QED) is 0.727. The molecule has 2 N–H and O–H groups in total. The predicted octanol–water partition coefficient (Wildman–Crippen LogP) is 2.76. The van der Waals surface area contributed by atoms with Crippen LogP contribution in [0.25, 0.3) is 10.9 Å². The summed E-state index contributed by atoms with van der Waals surface area (Å²) < 4.78 is 14.9. The van der Waals surface area contributed by atoms with E-state index in [-0.39, 0.29) is 11.6 Å². The minimum absolute atomic E-state index is 0.0208. The second-order valence-electron chi connectivity index (χ2n) is 3.86. The number of rotatable bonds is 2. The lowest BCUT2D eigenvalue weighted by Crippen LogP contribution is -2.09. The van der Waals surface area contributed by atoms with Gasteiger partial charge in [-0.25, -0.2) is 9.07 Å². The van der Waals surface area contributed by atoms with E-state index in [0.717, 1.165) is 17.1 Å². The Morgan fingerprint density at radius 2 is 2.06 bits per heavy atom. The van der Waals surface area contributed by atoms with Gasteiger partial charge in [0.05, 0.1) is 17.4 Å². The van der Waals surface area contributed by atoms with Crippen molar-refractivity contribution in [2.45, 2.75) is 0 Å². The highest BCUT2D eigenvalue weighted by molar-refractivity contribution is 5.83. The highest BCUT2D eigenvalue weighted by Crippen LogP contribution is 2.25. The average molecular weight is 243 g/mol. The van der Waals surface area contributed by atoms with Crippen LogP contribution in [0.4, 0.5) is 10.1 Å². The molecule has 2 aromatic heterocycles. The van der Waals surface area contributed by atoms with Crippen molar-refractivity contribution in [3.63, 3.8) is 0 Å². The molecule has 90 valence electrons. The molecule has 0 radical (unpaired) electrons. The van der Waals surface area contributed by atoms with Gasteiger partial charge in [0.25, 0.3) is 0 Å². The summed E-state index contributed by atoms with van der Waals surface area (Å²) in [5.74, 6) is -0.456. The van der Waals surface area contributed by atoms with Gasteiger partial charge in [0.15, 0.2) is 5.82 Å². The normalized spacial score (nSPS) is 10.7. The van der Waals surface area contributed by atoms with Crippen LogP contribution >= 0.6 is 0 Å². The fourth-order valence-electron chi connectivity index (χ4n) is 1.84. The highest BCUT2D eigenvalue weighted by atomic mass is 19.1. The van der Waals surface area contributed by atoms with Crippen LogP contribution in [0.15, 0.2) is 48.8 Å². The molecule has 2 heterocycles. The molecule has 0 atom stereocenters. The number of pyridine rings is 1. The van der Waals surface area contributed by atoms with Gasteiger partial charge in [-0.3, -0.25) is 10.4 Å². The molecule has 0 fully saturated rings. The summed E-state index contributed by atoms with van der Waals surface area (Å²) in [7, 11) is 0. The number of halogens is 1. The number of benzene rings is 1. The third-order valence-corrected chi connectivity index (χ3v) is 2.70. The van der Waals surface area contributed by atoms with Crippen LogP contribution in [0, 0.1) is 5.82 Å². The number of aromatic nitrogens is 2. The first-order valence-corrected chi connectivity index (χ1v) is 5.42. The number of fused-ring (bicyclic) bond motifs is 1. The van der Waals surface area contributed by atoms with Crippen LogP contribution < -0.4 is 5.43 Å². The number of nitrogens with zero attached hydrogens (tertiary/aromatic N) is 2. The maximum absolute atomic E-state index is 13.5. The van der Waals surface area contributed by atoms with Gasteiger partial charge in [0, 0.05) is 17.6 Å². The molecule has 4 nitrogen and oxygen atoms in total. The van der Waals surface area contributed by atoms with E-state index in [1.54, 1.807) is 6.07 Å². The summed E-state index contributed by atoms with van der Waals surface area (Å²) >= 11 is 0. The third-order valence-electron chi connectivity index (χ3n) is 2.70. The SMILES string of the molecule is Oc1cc2ccccc2n1Nc1ccncc1F. The van der Waals surface area contributed by atoms with E-state index < -0.39 is 5.82 Å². The van der Waals surface area contributed by atoms with Crippen molar-refractivity contribution in [1.82, 2.24) is 9.66 Å². The molecule has 0 unspecified atom stereocenters. The second kappa shape index (κ2) is 4.03.